The van der Waals surface area contributed by atoms with Gasteiger partial charge in [-0.2, -0.15) is 4.31 Å². The molecular formula is C20H24FN3O5S. The number of amides is 3. The average molecular weight is 437 g/mol. The van der Waals surface area contributed by atoms with Crippen LogP contribution in [0, 0.1) is 11.2 Å². The van der Waals surface area contributed by atoms with Crippen molar-refractivity contribution in [1.29, 1.82) is 0 Å². The highest BCUT2D eigenvalue weighted by Gasteiger charge is 2.53. The zero-order valence-corrected chi connectivity index (χ0v) is 17.4. The Bertz CT molecular complexity index is 982. The van der Waals surface area contributed by atoms with Gasteiger partial charge in [0.1, 0.15) is 12.4 Å². The molecule has 2 heterocycles. The zero-order chi connectivity index (χ0) is 21.5. The van der Waals surface area contributed by atoms with E-state index in [4.69, 9.17) is 0 Å². The highest BCUT2D eigenvalue weighted by atomic mass is 32.2. The SMILES string of the molecule is O=C(CN1C(=O)CC2(CCCC2)C1=O)N1CCN(S(=O)(=O)c2cccc(F)c2)CC1. The van der Waals surface area contributed by atoms with E-state index in [0.717, 1.165) is 23.8 Å². The van der Waals surface area contributed by atoms with Crippen molar-refractivity contribution in [3.63, 3.8) is 0 Å². The van der Waals surface area contributed by atoms with E-state index in [0.29, 0.717) is 12.8 Å². The minimum absolute atomic E-state index is 0.0659. The molecule has 0 bridgehead atoms. The van der Waals surface area contributed by atoms with Gasteiger partial charge in [-0.05, 0) is 31.0 Å². The van der Waals surface area contributed by atoms with Crippen molar-refractivity contribution in [3.8, 4) is 0 Å². The van der Waals surface area contributed by atoms with Crippen LogP contribution < -0.4 is 0 Å². The Hall–Kier alpha value is -2.33. The normalized spacial score (nSPS) is 22.3. The van der Waals surface area contributed by atoms with Crippen LogP contribution in [0.5, 0.6) is 0 Å². The van der Waals surface area contributed by atoms with Gasteiger partial charge in [0, 0.05) is 32.6 Å². The fourth-order valence-electron chi connectivity index (χ4n) is 4.65. The van der Waals surface area contributed by atoms with Crippen LogP contribution in [0.2, 0.25) is 0 Å². The number of sulfonamides is 1. The minimum Gasteiger partial charge on any atom is -0.338 e. The second-order valence-electron chi connectivity index (χ2n) is 8.19. The number of nitrogens with zero attached hydrogens (tertiary/aromatic N) is 3. The largest absolute Gasteiger partial charge is 0.338 e. The van der Waals surface area contributed by atoms with E-state index in [2.05, 4.69) is 0 Å². The molecule has 1 saturated carbocycles. The third-order valence-corrected chi connectivity index (χ3v) is 8.26. The topological polar surface area (TPSA) is 95.1 Å². The second-order valence-corrected chi connectivity index (χ2v) is 10.1. The fourth-order valence-corrected chi connectivity index (χ4v) is 6.11. The van der Waals surface area contributed by atoms with Crippen LogP contribution in [0.15, 0.2) is 29.2 Å². The molecule has 3 aliphatic rings. The van der Waals surface area contributed by atoms with Crippen LogP contribution in [-0.4, -0.2) is 73.0 Å². The molecule has 1 aromatic rings. The van der Waals surface area contributed by atoms with Gasteiger partial charge in [0.05, 0.1) is 10.3 Å². The maximum Gasteiger partial charge on any atom is 0.243 e. The van der Waals surface area contributed by atoms with Gasteiger partial charge < -0.3 is 4.90 Å². The molecule has 4 rings (SSSR count). The maximum absolute atomic E-state index is 13.4. The lowest BCUT2D eigenvalue weighted by Crippen LogP contribution is -2.53. The van der Waals surface area contributed by atoms with Crippen molar-refractivity contribution < 1.29 is 27.2 Å². The number of hydrogen-bond donors (Lipinski definition) is 0. The molecule has 10 heteroatoms. The summed E-state index contributed by atoms with van der Waals surface area (Å²) in [6.45, 7) is 0.131. The number of rotatable bonds is 4. The first-order chi connectivity index (χ1) is 14.2. The molecular weight excluding hydrogens is 413 g/mol. The third-order valence-electron chi connectivity index (χ3n) is 6.37. The molecule has 3 fully saturated rings. The van der Waals surface area contributed by atoms with Crippen molar-refractivity contribution in [1.82, 2.24) is 14.1 Å². The molecule has 0 aromatic heterocycles. The summed E-state index contributed by atoms with van der Waals surface area (Å²) < 4.78 is 40.0. The van der Waals surface area contributed by atoms with Crippen molar-refractivity contribution in [2.75, 3.05) is 32.7 Å². The van der Waals surface area contributed by atoms with Gasteiger partial charge in [-0.15, -0.1) is 0 Å². The smallest absolute Gasteiger partial charge is 0.243 e. The number of halogens is 1. The second kappa shape index (κ2) is 7.73. The lowest BCUT2D eigenvalue weighted by Gasteiger charge is -2.34. The number of carbonyl (C=O) groups is 3. The van der Waals surface area contributed by atoms with Crippen LogP contribution in [0.1, 0.15) is 32.1 Å². The molecule has 0 unspecified atom stereocenters. The Morgan fingerprint density at radius 3 is 2.37 bits per heavy atom. The monoisotopic (exact) mass is 437 g/mol. The Balaban J connectivity index is 1.37. The minimum atomic E-state index is -3.85. The molecule has 162 valence electrons. The molecule has 1 aliphatic carbocycles. The van der Waals surface area contributed by atoms with E-state index in [-0.39, 0.29) is 61.8 Å². The predicted octanol–water partition coefficient (Wildman–Crippen LogP) is 0.978. The summed E-state index contributed by atoms with van der Waals surface area (Å²) in [4.78, 5) is 40.2. The Labute approximate surface area is 174 Å². The predicted molar refractivity (Wildman–Crippen MR) is 104 cm³/mol. The molecule has 2 aliphatic heterocycles. The van der Waals surface area contributed by atoms with Crippen LogP contribution >= 0.6 is 0 Å². The van der Waals surface area contributed by atoms with Crippen molar-refractivity contribution in [3.05, 3.63) is 30.1 Å². The van der Waals surface area contributed by atoms with E-state index in [1.807, 2.05) is 0 Å². The molecule has 0 N–H and O–H groups in total. The molecule has 1 spiro atoms. The van der Waals surface area contributed by atoms with Crippen LogP contribution in [0.3, 0.4) is 0 Å². The van der Waals surface area contributed by atoms with Gasteiger partial charge in [0.25, 0.3) is 0 Å². The van der Waals surface area contributed by atoms with Crippen LogP contribution in [-0.2, 0) is 24.4 Å². The van der Waals surface area contributed by atoms with Gasteiger partial charge in [0.15, 0.2) is 0 Å². The van der Waals surface area contributed by atoms with Gasteiger partial charge in [0.2, 0.25) is 27.7 Å². The van der Waals surface area contributed by atoms with E-state index in [1.54, 1.807) is 0 Å². The molecule has 8 nitrogen and oxygen atoms in total. The summed E-state index contributed by atoms with van der Waals surface area (Å²) in [7, 11) is -3.85. The fraction of sp³-hybridized carbons (Fsp3) is 0.550. The first-order valence-corrected chi connectivity index (χ1v) is 11.6. The number of hydrogen-bond acceptors (Lipinski definition) is 5. The lowest BCUT2D eigenvalue weighted by molar-refractivity contribution is -0.147. The van der Waals surface area contributed by atoms with Gasteiger partial charge >= 0.3 is 0 Å². The van der Waals surface area contributed by atoms with Crippen LogP contribution in [0.25, 0.3) is 0 Å². The van der Waals surface area contributed by atoms with E-state index in [9.17, 15) is 27.2 Å². The number of benzene rings is 1. The lowest BCUT2D eigenvalue weighted by atomic mass is 9.84. The van der Waals surface area contributed by atoms with Crippen molar-refractivity contribution >= 4 is 27.7 Å². The van der Waals surface area contributed by atoms with Crippen molar-refractivity contribution in [2.24, 2.45) is 5.41 Å². The molecule has 0 radical (unpaired) electrons. The van der Waals surface area contributed by atoms with Crippen molar-refractivity contribution in [2.45, 2.75) is 37.0 Å². The summed E-state index contributed by atoms with van der Waals surface area (Å²) >= 11 is 0. The molecule has 30 heavy (non-hydrogen) atoms. The number of imide groups is 1. The molecule has 2 saturated heterocycles. The molecule has 0 atom stereocenters. The first-order valence-electron chi connectivity index (χ1n) is 10.1. The quantitative estimate of drug-likeness (QED) is 0.655. The highest BCUT2D eigenvalue weighted by molar-refractivity contribution is 7.89. The average Bonchev–Trinajstić information content (AvgIpc) is 3.28. The molecule has 1 aromatic carbocycles. The number of carbonyl (C=O) groups excluding carboxylic acids is 3. The summed E-state index contributed by atoms with van der Waals surface area (Å²) in [5, 5.41) is 0. The highest BCUT2D eigenvalue weighted by Crippen LogP contribution is 2.46. The van der Waals surface area contributed by atoms with Gasteiger partial charge in [-0.3, -0.25) is 19.3 Å². The van der Waals surface area contributed by atoms with Gasteiger partial charge in [-0.25, -0.2) is 12.8 Å². The Morgan fingerprint density at radius 2 is 1.73 bits per heavy atom. The summed E-state index contributed by atoms with van der Waals surface area (Å²) in [5.41, 5.74) is -0.616. The maximum atomic E-state index is 13.4. The first kappa shape index (κ1) is 20.9. The number of likely N-dealkylation sites (tertiary alicyclic amines) is 1. The van der Waals surface area contributed by atoms with E-state index < -0.39 is 21.3 Å². The standard InChI is InChI=1S/C20H24FN3O5S/c21-15-4-3-5-16(12-15)30(28,29)23-10-8-22(9-11-23)18(26)14-24-17(25)13-20(19(24)27)6-1-2-7-20/h3-5,12H,1-2,6-11,13-14H2. The summed E-state index contributed by atoms with van der Waals surface area (Å²) in [5.74, 6) is -1.55. The van der Waals surface area contributed by atoms with E-state index in [1.165, 1.54) is 27.4 Å². The Kier molecular flexibility index (Phi) is 5.39. The van der Waals surface area contributed by atoms with Crippen LogP contribution in [0.4, 0.5) is 4.39 Å². The van der Waals surface area contributed by atoms with E-state index >= 15 is 0 Å². The Morgan fingerprint density at radius 1 is 1.07 bits per heavy atom. The zero-order valence-electron chi connectivity index (χ0n) is 16.5. The number of piperazine rings is 1. The summed E-state index contributed by atoms with van der Waals surface area (Å²) in [6, 6.07) is 4.81. The summed E-state index contributed by atoms with van der Waals surface area (Å²) in [6.07, 6.45) is 3.40. The van der Waals surface area contributed by atoms with Gasteiger partial charge in [-0.1, -0.05) is 18.9 Å². The third kappa shape index (κ3) is 3.62. The molecule has 3 amide bonds.